The predicted octanol–water partition coefficient (Wildman–Crippen LogP) is 7.10. The summed E-state index contributed by atoms with van der Waals surface area (Å²) < 4.78 is 0. The highest BCUT2D eigenvalue weighted by Crippen LogP contribution is 2.28. The van der Waals surface area contributed by atoms with Gasteiger partial charge in [0.15, 0.2) is 11.7 Å². The van der Waals surface area contributed by atoms with E-state index >= 15 is 0 Å². The van der Waals surface area contributed by atoms with E-state index in [2.05, 4.69) is 10.3 Å². The van der Waals surface area contributed by atoms with E-state index in [9.17, 15) is 58.5 Å². The number of aromatic hydroxyl groups is 1. The SMILES string of the molecule is CCCC(=O)C(CCCN=C(N)N)CC(=O)C(CO)CC(=O)CCC(=O)CCC(=O)C(CC(=O)C(CC(=O)C(CC(=O)C(NC(=O)CCCC(C)C)C(C)O)Cc1ccccc1)Cc1ccccc1)Cc1ccc(O)cc1. The minimum atomic E-state index is -1.25. The largest absolute Gasteiger partial charge is 0.508 e. The normalized spacial score (nSPS) is 14.0. The lowest BCUT2D eigenvalue weighted by Gasteiger charge is -2.25. The Kier molecular flexibility index (Phi) is 29.4. The molecule has 0 fully saturated rings. The number of carbonyl (C=O) groups excluding carboxylic acids is 9. The lowest BCUT2D eigenvalue weighted by Crippen LogP contribution is -2.48. The molecule has 0 aliphatic rings. The maximum Gasteiger partial charge on any atom is 0.220 e. The van der Waals surface area contributed by atoms with E-state index in [0.29, 0.717) is 37.2 Å². The molecule has 3 aromatic rings. The second-order valence-electron chi connectivity index (χ2n) is 21.1. The lowest BCUT2D eigenvalue weighted by molar-refractivity contribution is -0.135. The van der Waals surface area contributed by atoms with E-state index in [0.717, 1.165) is 17.5 Å². The molecule has 0 heterocycles. The molecule has 0 spiro atoms. The maximum absolute atomic E-state index is 14.7. The Balaban J connectivity index is 1.79. The van der Waals surface area contributed by atoms with Crippen LogP contribution in [-0.2, 0) is 62.4 Å². The molecule has 0 radical (unpaired) electrons. The molecule has 3 rings (SSSR count). The smallest absolute Gasteiger partial charge is 0.220 e. The van der Waals surface area contributed by atoms with Crippen molar-refractivity contribution < 1.29 is 58.5 Å². The van der Waals surface area contributed by atoms with Crippen LogP contribution in [0.4, 0.5) is 0 Å². The number of Topliss-reactive ketones (excluding diaryl/α,β-unsaturated/α-hetero) is 8. The summed E-state index contributed by atoms with van der Waals surface area (Å²) in [7, 11) is 0. The van der Waals surface area contributed by atoms with Crippen LogP contribution in [0.3, 0.4) is 0 Å². The maximum atomic E-state index is 14.7. The number of ketones is 8. The standard InChI is InChI=1S/C61H84N4O12/c1-5-14-53(71)45(20-13-30-64-61(62)63)35-57(75)49(39-66)34-52(70)27-26-51(69)28-29-54(72)46(33-44-22-24-50(68)25-23-44)36-55(73)47(31-42-16-8-6-9-17-42)37-56(74)48(32-43-18-10-7-11-19-43)38-58(76)60(41(4)67)65-59(77)21-12-15-40(2)3/h6-11,16-19,22-25,40-41,45-49,60,66-68H,5,12-15,20-21,26-39H2,1-4H3,(H,65,77)(H4,62,63,64). The zero-order valence-electron chi connectivity index (χ0n) is 45.7. The van der Waals surface area contributed by atoms with Gasteiger partial charge in [0, 0.05) is 107 Å². The molecule has 3 aromatic carbocycles. The summed E-state index contributed by atoms with van der Waals surface area (Å²) in [5.74, 6) is -7.58. The highest BCUT2D eigenvalue weighted by atomic mass is 16.3. The number of aliphatic hydroxyl groups excluding tert-OH is 2. The highest BCUT2D eigenvalue weighted by molar-refractivity contribution is 5.97. The Bertz CT molecular complexity index is 2400. The summed E-state index contributed by atoms with van der Waals surface area (Å²) in [6.45, 7) is 7.01. The van der Waals surface area contributed by atoms with E-state index in [-0.39, 0.29) is 131 Å². The first-order valence-electron chi connectivity index (χ1n) is 27.4. The molecular weight excluding hydrogens is 981 g/mol. The van der Waals surface area contributed by atoms with Gasteiger partial charge in [-0.25, -0.2) is 0 Å². The van der Waals surface area contributed by atoms with Gasteiger partial charge >= 0.3 is 0 Å². The number of hydrogen-bond acceptors (Lipinski definition) is 13. The van der Waals surface area contributed by atoms with Gasteiger partial charge in [-0.15, -0.1) is 0 Å². The van der Waals surface area contributed by atoms with Gasteiger partial charge in [-0.2, -0.15) is 0 Å². The van der Waals surface area contributed by atoms with Crippen molar-refractivity contribution in [3.63, 3.8) is 0 Å². The molecule has 0 saturated heterocycles. The van der Waals surface area contributed by atoms with Gasteiger partial charge in [-0.05, 0) is 86.6 Å². The topological polar surface area (TPSA) is 291 Å². The number of amides is 1. The van der Waals surface area contributed by atoms with Crippen LogP contribution in [-0.4, -0.2) is 98.7 Å². The summed E-state index contributed by atoms with van der Waals surface area (Å²) in [6, 6.07) is 23.1. The van der Waals surface area contributed by atoms with E-state index in [1.807, 2.05) is 81.4 Å². The van der Waals surface area contributed by atoms with Gasteiger partial charge in [-0.3, -0.25) is 48.1 Å². The van der Waals surface area contributed by atoms with Crippen molar-refractivity contribution >= 4 is 58.1 Å². The summed E-state index contributed by atoms with van der Waals surface area (Å²) >= 11 is 0. The van der Waals surface area contributed by atoms with Crippen LogP contribution >= 0.6 is 0 Å². The minimum absolute atomic E-state index is 0.00135. The quantitative estimate of drug-likeness (QED) is 0.0188. The van der Waals surface area contributed by atoms with Crippen molar-refractivity contribution in [2.75, 3.05) is 13.2 Å². The molecule has 16 heteroatoms. The molecule has 420 valence electrons. The Morgan fingerprint density at radius 1 is 0.519 bits per heavy atom. The monoisotopic (exact) mass is 1060 g/mol. The Morgan fingerprint density at radius 2 is 0.987 bits per heavy atom. The second kappa shape index (κ2) is 35.0. The first-order chi connectivity index (χ1) is 36.7. The van der Waals surface area contributed by atoms with Crippen LogP contribution in [0.2, 0.25) is 0 Å². The van der Waals surface area contributed by atoms with Crippen molar-refractivity contribution in [3.8, 4) is 5.75 Å². The molecule has 0 aliphatic heterocycles. The Morgan fingerprint density at radius 3 is 1.49 bits per heavy atom. The number of nitrogens with one attached hydrogen (secondary N) is 1. The first kappa shape index (κ1) is 64.8. The van der Waals surface area contributed by atoms with Crippen molar-refractivity contribution in [2.45, 2.75) is 162 Å². The number of benzene rings is 3. The van der Waals surface area contributed by atoms with E-state index in [4.69, 9.17) is 11.5 Å². The van der Waals surface area contributed by atoms with Crippen molar-refractivity contribution in [2.24, 2.45) is 52.0 Å². The van der Waals surface area contributed by atoms with Crippen LogP contribution in [0.25, 0.3) is 0 Å². The Hall–Kier alpha value is -6.52. The fraction of sp³-hybridized carbons (Fsp3) is 0.541. The van der Waals surface area contributed by atoms with E-state index in [1.54, 1.807) is 12.1 Å². The summed E-state index contributed by atoms with van der Waals surface area (Å²) in [4.78, 5) is 127. The molecule has 0 aromatic heterocycles. The highest BCUT2D eigenvalue weighted by Gasteiger charge is 2.35. The fourth-order valence-corrected chi connectivity index (χ4v) is 9.50. The third-order valence-corrected chi connectivity index (χ3v) is 14.0. The number of phenolic OH excluding ortho intramolecular Hbond substituents is 1. The van der Waals surface area contributed by atoms with Crippen molar-refractivity contribution in [3.05, 3.63) is 102 Å². The Labute approximate surface area is 454 Å². The van der Waals surface area contributed by atoms with Gasteiger partial charge < -0.3 is 32.1 Å². The molecule has 1 amide bonds. The van der Waals surface area contributed by atoms with Gasteiger partial charge in [0.2, 0.25) is 5.91 Å². The molecular formula is C61H84N4O12. The molecule has 8 N–H and O–H groups in total. The van der Waals surface area contributed by atoms with E-state index < -0.39 is 77.3 Å². The molecule has 77 heavy (non-hydrogen) atoms. The average molecular weight is 1070 g/mol. The summed E-state index contributed by atoms with van der Waals surface area (Å²) in [5, 5.41) is 33.5. The predicted molar refractivity (Wildman–Crippen MR) is 295 cm³/mol. The van der Waals surface area contributed by atoms with Gasteiger partial charge in [0.05, 0.1) is 12.7 Å². The fourth-order valence-electron chi connectivity index (χ4n) is 9.50. The number of phenols is 1. The number of carbonyl (C=O) groups is 9. The van der Waals surface area contributed by atoms with Gasteiger partial charge in [-0.1, -0.05) is 100.0 Å². The number of rotatable bonds is 41. The van der Waals surface area contributed by atoms with Gasteiger partial charge in [0.25, 0.3) is 0 Å². The first-order valence-corrected chi connectivity index (χ1v) is 27.4. The molecule has 0 bridgehead atoms. The van der Waals surface area contributed by atoms with Gasteiger partial charge in [0.1, 0.15) is 52.3 Å². The molecule has 7 atom stereocenters. The molecule has 7 unspecified atom stereocenters. The minimum Gasteiger partial charge on any atom is -0.508 e. The molecule has 0 saturated carbocycles. The average Bonchev–Trinajstić information content (AvgIpc) is 3.39. The third kappa shape index (κ3) is 25.5. The number of guanidine groups is 1. The van der Waals surface area contributed by atoms with Crippen molar-refractivity contribution in [1.29, 1.82) is 0 Å². The zero-order chi connectivity index (χ0) is 56.9. The summed E-state index contributed by atoms with van der Waals surface area (Å²) in [5.41, 5.74) is 13.0. The van der Waals surface area contributed by atoms with Crippen LogP contribution in [0.5, 0.6) is 5.75 Å². The number of aliphatic imine (C=N–C) groups is 1. The van der Waals surface area contributed by atoms with Crippen LogP contribution < -0.4 is 16.8 Å². The second-order valence-corrected chi connectivity index (χ2v) is 21.1. The molecule has 16 nitrogen and oxygen atoms in total. The summed E-state index contributed by atoms with van der Waals surface area (Å²) in [6.07, 6.45) is 0.113. The van der Waals surface area contributed by atoms with Crippen molar-refractivity contribution in [1.82, 2.24) is 5.32 Å². The van der Waals surface area contributed by atoms with Crippen LogP contribution in [0, 0.1) is 35.5 Å². The number of aliphatic hydroxyl groups is 2. The molecule has 0 aliphatic carbocycles. The zero-order valence-corrected chi connectivity index (χ0v) is 45.7. The number of nitrogens with zero attached hydrogens (tertiary/aromatic N) is 1. The number of hydrogen-bond donors (Lipinski definition) is 6. The van der Waals surface area contributed by atoms with E-state index in [1.165, 1.54) is 19.1 Å². The third-order valence-electron chi connectivity index (χ3n) is 14.0. The van der Waals surface area contributed by atoms with Crippen LogP contribution in [0.1, 0.15) is 147 Å². The lowest BCUT2D eigenvalue weighted by atomic mass is 9.79. The van der Waals surface area contributed by atoms with Crippen LogP contribution in [0.15, 0.2) is 89.9 Å². The number of nitrogens with two attached hydrogens (primary N) is 2.